The van der Waals surface area contributed by atoms with E-state index in [9.17, 15) is 4.79 Å². The molecule has 0 rings (SSSR count). The third kappa shape index (κ3) is 5.63. The molecule has 0 spiro atoms. The van der Waals surface area contributed by atoms with E-state index in [0.29, 0.717) is 0 Å². The number of aldehydes is 2. The molecule has 0 aliphatic heterocycles. The van der Waals surface area contributed by atoms with E-state index in [2.05, 4.69) is 0 Å². The number of hydrogen-bond donors (Lipinski definition) is 0. The second-order valence-corrected chi connectivity index (χ2v) is 0.638. The summed E-state index contributed by atoms with van der Waals surface area (Å²) in [5.41, 5.74) is 0. The summed E-state index contributed by atoms with van der Waals surface area (Å²) in [6.45, 7) is 0. The maximum absolute atomic E-state index is 9.44. The van der Waals surface area contributed by atoms with Crippen LogP contribution in [0.3, 0.4) is 0 Å². The van der Waals surface area contributed by atoms with Gasteiger partial charge in [-0.05, 0) is 0 Å². The molecule has 41 valence electrons. The number of carbonyl (C=O) groups excluding carboxylic acids is 3. The fourth-order valence-electron chi connectivity index (χ4n) is 0.0278. The topological polar surface area (TPSA) is 51.2 Å². The fraction of sp³-hybridized carbons (Fsp3) is 0. The molecule has 0 N–H and O–H groups in total. The van der Waals surface area contributed by atoms with Crippen molar-refractivity contribution < 1.29 is 33.9 Å². The third-order valence-electron chi connectivity index (χ3n) is 0.232. The van der Waals surface area contributed by atoms with E-state index in [4.69, 9.17) is 9.59 Å². The molecule has 7 heavy (non-hydrogen) atoms. The van der Waals surface area contributed by atoms with Crippen molar-refractivity contribution in [2.24, 2.45) is 0 Å². The molecule has 1 radical (unpaired) electrons. The van der Waals surface area contributed by atoms with Gasteiger partial charge < -0.3 is 0 Å². The molecule has 0 aliphatic rings. The molecule has 0 aliphatic carbocycles. The standard InChI is InChI=1S/C3H2O3.Rh/c4-1-3(6)2-5;/h1-2H;. The predicted octanol–water partition coefficient (Wildman–Crippen LogP) is -1.05. The van der Waals surface area contributed by atoms with Crippen LogP contribution < -0.4 is 0 Å². The minimum absolute atomic E-state index is 0. The first-order valence-corrected chi connectivity index (χ1v) is 1.25. The third-order valence-corrected chi connectivity index (χ3v) is 0.232. The average Bonchev–Trinajstić information content (AvgIpc) is 1.65. The molecule has 0 atom stereocenters. The first-order chi connectivity index (χ1) is 2.81. The molecule has 4 heteroatoms. The van der Waals surface area contributed by atoms with Gasteiger partial charge in [-0.15, -0.1) is 0 Å². The van der Waals surface area contributed by atoms with Crippen molar-refractivity contribution in [3.05, 3.63) is 0 Å². The van der Waals surface area contributed by atoms with Gasteiger partial charge in [0.2, 0.25) is 0 Å². The van der Waals surface area contributed by atoms with Gasteiger partial charge in [0.05, 0.1) is 0 Å². The van der Waals surface area contributed by atoms with Gasteiger partial charge in [-0.1, -0.05) is 0 Å². The monoisotopic (exact) mass is 189 g/mol. The Morgan fingerprint density at radius 3 is 1.43 bits per heavy atom. The first kappa shape index (κ1) is 9.81. The number of ketones is 1. The van der Waals surface area contributed by atoms with Crippen molar-refractivity contribution in [3.63, 3.8) is 0 Å². The minimum Gasteiger partial charge on any atom is -0.294 e. The van der Waals surface area contributed by atoms with Crippen LogP contribution in [-0.2, 0) is 33.9 Å². The largest absolute Gasteiger partial charge is 0.294 e. The van der Waals surface area contributed by atoms with Gasteiger partial charge in [0.25, 0.3) is 5.78 Å². The van der Waals surface area contributed by atoms with Gasteiger partial charge in [0.15, 0.2) is 12.6 Å². The zero-order valence-corrected chi connectivity index (χ0v) is 4.85. The van der Waals surface area contributed by atoms with Gasteiger partial charge in [-0.3, -0.25) is 14.4 Å². The van der Waals surface area contributed by atoms with E-state index in [1.54, 1.807) is 0 Å². The molecule has 0 saturated carbocycles. The Kier molecular flexibility index (Phi) is 7.89. The molecule has 0 aromatic heterocycles. The summed E-state index contributed by atoms with van der Waals surface area (Å²) in [7, 11) is 0. The van der Waals surface area contributed by atoms with Gasteiger partial charge >= 0.3 is 0 Å². The Bertz CT molecular complexity index is 78.2. The Morgan fingerprint density at radius 2 is 1.43 bits per heavy atom. The molecule has 0 saturated heterocycles. The normalized spacial score (nSPS) is 5.71. The van der Waals surface area contributed by atoms with Crippen molar-refractivity contribution in [1.82, 2.24) is 0 Å². The Labute approximate surface area is 52.8 Å². The molecule has 0 amide bonds. The summed E-state index contributed by atoms with van der Waals surface area (Å²) in [5, 5.41) is 0. The van der Waals surface area contributed by atoms with E-state index >= 15 is 0 Å². The van der Waals surface area contributed by atoms with Crippen molar-refractivity contribution in [2.45, 2.75) is 0 Å². The Balaban J connectivity index is 0. The molecule has 0 fully saturated rings. The predicted molar refractivity (Wildman–Crippen MR) is 17.1 cm³/mol. The maximum atomic E-state index is 9.44. The summed E-state index contributed by atoms with van der Waals surface area (Å²) in [6, 6.07) is 0. The van der Waals surface area contributed by atoms with Crippen LogP contribution in [0.4, 0.5) is 0 Å². The molecular formula is C3H2O3Rh. The van der Waals surface area contributed by atoms with Gasteiger partial charge in [-0.2, -0.15) is 0 Å². The number of carbonyl (C=O) groups is 3. The fourth-order valence-corrected chi connectivity index (χ4v) is 0.0278. The van der Waals surface area contributed by atoms with Crippen LogP contribution in [0.2, 0.25) is 0 Å². The summed E-state index contributed by atoms with van der Waals surface area (Å²) >= 11 is 0. The van der Waals surface area contributed by atoms with Crippen LogP contribution >= 0.6 is 0 Å². The van der Waals surface area contributed by atoms with Gasteiger partial charge in [0, 0.05) is 19.5 Å². The van der Waals surface area contributed by atoms with E-state index in [1.807, 2.05) is 0 Å². The zero-order chi connectivity index (χ0) is 4.99. The number of hydrogen-bond acceptors (Lipinski definition) is 3. The first-order valence-electron chi connectivity index (χ1n) is 1.25. The van der Waals surface area contributed by atoms with E-state index < -0.39 is 5.78 Å². The van der Waals surface area contributed by atoms with Crippen molar-refractivity contribution in [2.75, 3.05) is 0 Å². The Hall–Kier alpha value is -0.367. The van der Waals surface area contributed by atoms with E-state index in [1.165, 1.54) is 0 Å². The molecule has 0 aromatic rings. The summed E-state index contributed by atoms with van der Waals surface area (Å²) in [5.74, 6) is -1.02. The molecule has 0 unspecified atom stereocenters. The summed E-state index contributed by atoms with van der Waals surface area (Å²) in [6.07, 6.45) is -0.0694. The van der Waals surface area contributed by atoms with Crippen LogP contribution in [0, 0.1) is 0 Å². The smallest absolute Gasteiger partial charge is 0.257 e. The SMILES string of the molecule is O=CC(=O)C=O.[Rh]. The van der Waals surface area contributed by atoms with Crippen LogP contribution in [0.15, 0.2) is 0 Å². The van der Waals surface area contributed by atoms with Crippen LogP contribution in [0.25, 0.3) is 0 Å². The molecule has 0 bridgehead atoms. The second-order valence-electron chi connectivity index (χ2n) is 0.638. The summed E-state index contributed by atoms with van der Waals surface area (Å²) < 4.78 is 0. The Morgan fingerprint density at radius 1 is 1.14 bits per heavy atom. The zero-order valence-electron chi connectivity index (χ0n) is 3.21. The van der Waals surface area contributed by atoms with Crippen molar-refractivity contribution in [1.29, 1.82) is 0 Å². The summed E-state index contributed by atoms with van der Waals surface area (Å²) in [4.78, 5) is 27.8. The minimum atomic E-state index is -1.02. The van der Waals surface area contributed by atoms with Crippen LogP contribution in [0.1, 0.15) is 0 Å². The van der Waals surface area contributed by atoms with Crippen molar-refractivity contribution >= 4 is 18.4 Å². The van der Waals surface area contributed by atoms with Crippen LogP contribution in [0.5, 0.6) is 0 Å². The molecular weight excluding hydrogens is 187 g/mol. The molecule has 0 aromatic carbocycles. The quantitative estimate of drug-likeness (QED) is 0.241. The van der Waals surface area contributed by atoms with E-state index in [-0.39, 0.29) is 32.1 Å². The maximum Gasteiger partial charge on any atom is 0.257 e. The second kappa shape index (κ2) is 5.63. The number of rotatable bonds is 2. The molecule has 0 heterocycles. The van der Waals surface area contributed by atoms with Gasteiger partial charge in [-0.25, -0.2) is 0 Å². The van der Waals surface area contributed by atoms with Gasteiger partial charge in [0.1, 0.15) is 0 Å². The number of Topliss-reactive ketones (excluding diaryl/α,β-unsaturated/α-hetero) is 1. The van der Waals surface area contributed by atoms with Crippen molar-refractivity contribution in [3.8, 4) is 0 Å². The van der Waals surface area contributed by atoms with Crippen LogP contribution in [-0.4, -0.2) is 18.4 Å². The van der Waals surface area contributed by atoms with E-state index in [0.717, 1.165) is 0 Å². The average molecular weight is 189 g/mol. The molecule has 3 nitrogen and oxygen atoms in total.